The van der Waals surface area contributed by atoms with Gasteiger partial charge in [-0.2, -0.15) is 0 Å². The summed E-state index contributed by atoms with van der Waals surface area (Å²) >= 11 is 1.36. The molecular formula is C26H28N2O6S. The second-order valence-corrected chi connectivity index (χ2v) is 10.0. The largest absolute Gasteiger partial charge is 0.462 e. The highest BCUT2D eigenvalue weighted by atomic mass is 32.1. The van der Waals surface area contributed by atoms with Gasteiger partial charge in [-0.25, -0.2) is 9.59 Å². The molecule has 35 heavy (non-hydrogen) atoms. The Morgan fingerprint density at radius 2 is 2.00 bits per heavy atom. The lowest BCUT2D eigenvalue weighted by atomic mass is 9.88. The molecule has 2 N–H and O–H groups in total. The molecule has 1 amide bonds. The molecule has 0 unspecified atom stereocenters. The van der Waals surface area contributed by atoms with Crippen molar-refractivity contribution in [1.82, 2.24) is 4.98 Å². The van der Waals surface area contributed by atoms with Crippen molar-refractivity contribution < 1.29 is 23.9 Å². The summed E-state index contributed by atoms with van der Waals surface area (Å²) in [6.45, 7) is 7.43. The number of benzene rings is 1. The van der Waals surface area contributed by atoms with Crippen LogP contribution in [0, 0.1) is 12.8 Å². The van der Waals surface area contributed by atoms with E-state index in [0.717, 1.165) is 35.3 Å². The van der Waals surface area contributed by atoms with E-state index in [4.69, 9.17) is 9.47 Å². The zero-order valence-electron chi connectivity index (χ0n) is 20.2. The number of carbonyl (C=O) groups is 3. The molecule has 0 fully saturated rings. The second-order valence-electron chi connectivity index (χ2n) is 8.91. The number of thiophene rings is 1. The fraction of sp³-hybridized carbons (Fsp3) is 0.385. The summed E-state index contributed by atoms with van der Waals surface area (Å²) in [5.74, 6) is -1.37. The first-order valence-electron chi connectivity index (χ1n) is 11.6. The van der Waals surface area contributed by atoms with Crippen molar-refractivity contribution in [2.24, 2.45) is 5.92 Å². The fourth-order valence-corrected chi connectivity index (χ4v) is 5.62. The molecule has 1 aliphatic rings. The van der Waals surface area contributed by atoms with Gasteiger partial charge in [0.15, 0.2) is 11.5 Å². The van der Waals surface area contributed by atoms with Gasteiger partial charge in [-0.15, -0.1) is 11.3 Å². The average molecular weight is 497 g/mol. The molecule has 2 aromatic heterocycles. The molecular weight excluding hydrogens is 468 g/mol. The topological polar surface area (TPSA) is 115 Å². The van der Waals surface area contributed by atoms with E-state index in [2.05, 4.69) is 17.2 Å². The van der Waals surface area contributed by atoms with Crippen molar-refractivity contribution in [3.63, 3.8) is 0 Å². The van der Waals surface area contributed by atoms with Gasteiger partial charge < -0.3 is 19.8 Å². The predicted octanol–water partition coefficient (Wildman–Crippen LogP) is 4.38. The fourth-order valence-electron chi connectivity index (χ4n) is 4.22. The van der Waals surface area contributed by atoms with Gasteiger partial charge >= 0.3 is 11.9 Å². The van der Waals surface area contributed by atoms with Gasteiger partial charge in [0.1, 0.15) is 10.7 Å². The van der Waals surface area contributed by atoms with Crippen LogP contribution >= 0.6 is 11.3 Å². The normalized spacial score (nSPS) is 15.8. The van der Waals surface area contributed by atoms with E-state index >= 15 is 0 Å². The van der Waals surface area contributed by atoms with Crippen LogP contribution < -0.4 is 10.7 Å². The van der Waals surface area contributed by atoms with Crippen molar-refractivity contribution in [3.05, 3.63) is 61.8 Å². The highest BCUT2D eigenvalue weighted by molar-refractivity contribution is 7.17. The zero-order valence-corrected chi connectivity index (χ0v) is 21.0. The van der Waals surface area contributed by atoms with E-state index in [0.29, 0.717) is 27.4 Å². The number of hydrogen-bond acceptors (Lipinski definition) is 7. The maximum atomic E-state index is 12.9. The van der Waals surface area contributed by atoms with Gasteiger partial charge in [-0.3, -0.25) is 9.59 Å². The number of aryl methyl sites for hydroxylation is 1. The molecule has 2 heterocycles. The molecule has 9 heteroatoms. The van der Waals surface area contributed by atoms with Crippen LogP contribution in [0.5, 0.6) is 0 Å². The molecule has 1 aromatic carbocycles. The summed E-state index contributed by atoms with van der Waals surface area (Å²) < 4.78 is 10.6. The molecule has 1 aliphatic carbocycles. The number of rotatable bonds is 6. The molecule has 0 aliphatic heterocycles. The number of H-pyrrole nitrogens is 1. The van der Waals surface area contributed by atoms with Crippen LogP contribution in [-0.2, 0) is 27.1 Å². The minimum absolute atomic E-state index is 0.0428. The summed E-state index contributed by atoms with van der Waals surface area (Å²) in [5, 5.41) is 3.63. The molecule has 0 bridgehead atoms. The third kappa shape index (κ3) is 5.14. The summed E-state index contributed by atoms with van der Waals surface area (Å²) in [4.78, 5) is 54.7. The van der Waals surface area contributed by atoms with E-state index in [1.807, 2.05) is 13.0 Å². The number of ether oxygens (including phenoxy) is 2. The molecule has 0 spiro atoms. The number of esters is 2. The maximum Gasteiger partial charge on any atom is 0.355 e. The molecule has 0 saturated heterocycles. The Kier molecular flexibility index (Phi) is 7.07. The van der Waals surface area contributed by atoms with Gasteiger partial charge in [0.05, 0.1) is 12.2 Å². The third-order valence-corrected chi connectivity index (χ3v) is 7.26. The van der Waals surface area contributed by atoms with E-state index in [1.54, 1.807) is 19.1 Å². The number of amides is 1. The van der Waals surface area contributed by atoms with Crippen LogP contribution in [0.4, 0.5) is 5.00 Å². The summed E-state index contributed by atoms with van der Waals surface area (Å²) in [6.07, 6.45) is 1.38. The number of aromatic nitrogens is 1. The Balaban J connectivity index is 1.52. The van der Waals surface area contributed by atoms with Crippen LogP contribution in [0.2, 0.25) is 0 Å². The predicted molar refractivity (Wildman–Crippen MR) is 134 cm³/mol. The van der Waals surface area contributed by atoms with E-state index in [9.17, 15) is 19.2 Å². The molecule has 184 valence electrons. The van der Waals surface area contributed by atoms with Gasteiger partial charge in [-0.1, -0.05) is 18.6 Å². The number of anilines is 1. The van der Waals surface area contributed by atoms with Gasteiger partial charge in [0.2, 0.25) is 0 Å². The van der Waals surface area contributed by atoms with Gasteiger partial charge in [0, 0.05) is 21.8 Å². The minimum atomic E-state index is -1.16. The molecule has 3 aromatic rings. The number of nitrogens with one attached hydrogen (secondary N) is 2. The standard InChI is InChI=1S/C26H28N2O6S/c1-5-33-26(32)22-16-8-6-14(3)11-21(16)35-24(22)28-23(30)15(4)34-25(31)19-12-20(29)17-10-13(2)7-9-18(17)27-19/h7,9-10,12,14-15H,5-6,8,11H2,1-4H3,(H,27,29)(H,28,30)/t14-,15+/m0/s1. The Hall–Kier alpha value is -3.46. The molecule has 2 atom stereocenters. The summed E-state index contributed by atoms with van der Waals surface area (Å²) in [6, 6.07) is 6.45. The maximum absolute atomic E-state index is 12.9. The number of hydrogen-bond donors (Lipinski definition) is 2. The van der Waals surface area contributed by atoms with Crippen LogP contribution in [0.25, 0.3) is 10.9 Å². The molecule has 4 rings (SSSR count). The van der Waals surface area contributed by atoms with Crippen LogP contribution in [0.1, 0.15) is 64.0 Å². The number of fused-ring (bicyclic) bond motifs is 2. The van der Waals surface area contributed by atoms with Crippen LogP contribution in [0.15, 0.2) is 29.1 Å². The van der Waals surface area contributed by atoms with E-state index in [1.165, 1.54) is 24.3 Å². The number of aromatic amines is 1. The summed E-state index contributed by atoms with van der Waals surface area (Å²) in [5.41, 5.74) is 2.39. The molecule has 8 nitrogen and oxygen atoms in total. The highest BCUT2D eigenvalue weighted by Gasteiger charge is 2.30. The number of pyridine rings is 1. The smallest absolute Gasteiger partial charge is 0.355 e. The first kappa shape index (κ1) is 24.7. The van der Waals surface area contributed by atoms with E-state index in [-0.39, 0.29) is 17.7 Å². The molecule has 0 radical (unpaired) electrons. The first-order chi connectivity index (χ1) is 16.7. The summed E-state index contributed by atoms with van der Waals surface area (Å²) in [7, 11) is 0. The van der Waals surface area contributed by atoms with Crippen molar-refractivity contribution in [2.45, 2.75) is 53.1 Å². The Labute approximate surface area is 206 Å². The zero-order chi connectivity index (χ0) is 25.3. The van der Waals surface area contributed by atoms with Gasteiger partial charge in [0.25, 0.3) is 5.91 Å². The van der Waals surface area contributed by atoms with Crippen molar-refractivity contribution in [2.75, 3.05) is 11.9 Å². The Morgan fingerprint density at radius 3 is 2.74 bits per heavy atom. The lowest BCUT2D eigenvalue weighted by Gasteiger charge is -2.18. The minimum Gasteiger partial charge on any atom is -0.462 e. The quantitative estimate of drug-likeness (QED) is 0.490. The Bertz CT molecular complexity index is 1370. The average Bonchev–Trinajstić information content (AvgIpc) is 3.16. The van der Waals surface area contributed by atoms with E-state index < -0.39 is 23.9 Å². The Morgan fingerprint density at radius 1 is 1.23 bits per heavy atom. The first-order valence-corrected chi connectivity index (χ1v) is 12.5. The lowest BCUT2D eigenvalue weighted by molar-refractivity contribution is -0.123. The van der Waals surface area contributed by atoms with Crippen LogP contribution in [-0.4, -0.2) is 35.5 Å². The number of carbonyl (C=O) groups excluding carboxylic acids is 3. The monoisotopic (exact) mass is 496 g/mol. The SMILES string of the molecule is CCOC(=O)c1c(NC(=O)[C@@H](C)OC(=O)c2cc(=O)c3cc(C)ccc3[nH]2)sc2c1CC[C@H](C)C2. The van der Waals surface area contributed by atoms with Crippen molar-refractivity contribution >= 4 is 45.1 Å². The van der Waals surface area contributed by atoms with Crippen LogP contribution in [0.3, 0.4) is 0 Å². The molecule has 0 saturated carbocycles. The second kappa shape index (κ2) is 10.0. The van der Waals surface area contributed by atoms with Crippen molar-refractivity contribution in [3.8, 4) is 0 Å². The lowest BCUT2D eigenvalue weighted by Crippen LogP contribution is -2.31. The van der Waals surface area contributed by atoms with Gasteiger partial charge in [-0.05, 0) is 63.6 Å². The highest BCUT2D eigenvalue weighted by Crippen LogP contribution is 2.40. The third-order valence-electron chi connectivity index (χ3n) is 6.09. The van der Waals surface area contributed by atoms with Crippen molar-refractivity contribution in [1.29, 1.82) is 0 Å².